The molecule has 8 rings (SSSR count). The van der Waals surface area contributed by atoms with E-state index in [-0.39, 0.29) is 6.71 Å². The van der Waals surface area contributed by atoms with Crippen molar-refractivity contribution in [3.8, 4) is 0 Å². The highest BCUT2D eigenvalue weighted by Gasteiger charge is 2.44. The summed E-state index contributed by atoms with van der Waals surface area (Å²) in [7, 11) is -3.15. The van der Waals surface area contributed by atoms with Crippen molar-refractivity contribution in [1.29, 1.82) is 0 Å². The molecule has 2 nitrogen and oxygen atoms in total. The summed E-state index contributed by atoms with van der Waals surface area (Å²) in [5.41, 5.74) is 13.7. The number of fused-ring (bicyclic) bond motifs is 4. The molecule has 0 unspecified atom stereocenters. The predicted octanol–water partition coefficient (Wildman–Crippen LogP) is 8.91. The quantitative estimate of drug-likeness (QED) is 0.172. The molecule has 2 aliphatic heterocycles. The summed E-state index contributed by atoms with van der Waals surface area (Å²) in [6, 6.07) is 42.5. The number of rotatable bonds is 5. The van der Waals surface area contributed by atoms with Gasteiger partial charge in [0.2, 0.25) is 0 Å². The van der Waals surface area contributed by atoms with Crippen LogP contribution in [0.15, 0.2) is 109 Å². The van der Waals surface area contributed by atoms with Gasteiger partial charge in [-0.1, -0.05) is 130 Å². The van der Waals surface area contributed by atoms with Gasteiger partial charge in [0.15, 0.2) is 0 Å². The Morgan fingerprint density at radius 1 is 0.511 bits per heavy atom. The van der Waals surface area contributed by atoms with Crippen LogP contribution in [0.1, 0.15) is 43.6 Å². The molecule has 47 heavy (non-hydrogen) atoms. The van der Waals surface area contributed by atoms with Crippen molar-refractivity contribution < 1.29 is 0 Å². The Morgan fingerprint density at radius 3 is 1.38 bits per heavy atom. The first-order chi connectivity index (χ1) is 22.6. The van der Waals surface area contributed by atoms with Gasteiger partial charge in [0.05, 0.1) is 16.1 Å². The summed E-state index contributed by atoms with van der Waals surface area (Å²) in [6.45, 7) is 15.1. The van der Waals surface area contributed by atoms with Crippen LogP contribution < -0.4 is 36.6 Å². The van der Waals surface area contributed by atoms with Crippen molar-refractivity contribution in [2.45, 2.75) is 77.3 Å². The lowest BCUT2D eigenvalue weighted by Crippen LogP contribution is -2.63. The largest absolute Gasteiger partial charge is 0.311 e. The average molecular weight is 647 g/mol. The van der Waals surface area contributed by atoms with Gasteiger partial charge in [0.1, 0.15) is 0 Å². The lowest BCUT2D eigenvalue weighted by molar-refractivity contribution is 0.444. The van der Waals surface area contributed by atoms with Gasteiger partial charge in [-0.05, 0) is 89.2 Å². The fourth-order valence-electron chi connectivity index (χ4n) is 8.34. The van der Waals surface area contributed by atoms with Crippen LogP contribution >= 0.6 is 0 Å². The van der Waals surface area contributed by atoms with Crippen LogP contribution in [0.3, 0.4) is 0 Å². The third-order valence-corrected chi connectivity index (χ3v) is 15.0. The normalized spacial score (nSPS) is 16.1. The minimum Gasteiger partial charge on any atom is -0.311 e. The lowest BCUT2D eigenvalue weighted by atomic mass is 9.33. The first-order valence-electron chi connectivity index (χ1n) is 17.8. The molecule has 5 aromatic carbocycles. The fraction of sp³-hybridized carbons (Fsp3) is 0.286. The molecule has 2 heterocycles. The van der Waals surface area contributed by atoms with Gasteiger partial charge in [-0.2, -0.15) is 0 Å². The summed E-state index contributed by atoms with van der Waals surface area (Å²) in [4.78, 5) is 5.20. The van der Waals surface area contributed by atoms with Gasteiger partial charge < -0.3 is 9.80 Å². The Morgan fingerprint density at radius 2 is 0.957 bits per heavy atom. The topological polar surface area (TPSA) is 6.48 Å². The van der Waals surface area contributed by atoms with Crippen LogP contribution in [0.5, 0.6) is 0 Å². The highest BCUT2D eigenvalue weighted by Crippen LogP contribution is 2.46. The zero-order valence-corrected chi connectivity index (χ0v) is 31.0. The molecular formula is C42H47BN2Si2. The van der Waals surface area contributed by atoms with Crippen LogP contribution in [0, 0.1) is 0 Å². The number of benzene rings is 5. The first kappa shape index (κ1) is 30.5. The third kappa shape index (κ3) is 5.23. The Kier molecular flexibility index (Phi) is 7.42. The monoisotopic (exact) mass is 646 g/mol. The van der Waals surface area contributed by atoms with Gasteiger partial charge in [-0.25, -0.2) is 0 Å². The highest BCUT2D eigenvalue weighted by molar-refractivity contribution is 7.01. The second-order valence-electron chi connectivity index (χ2n) is 16.1. The SMILES string of the molecule is C[Si](C)(C)c1ccc2c(c1)B1c3cc([Si](C)(C)C)ccc3N(c3ccccc3)c3cc(C4CCCCC4)cc(c31)N2c1ccccc1. The maximum absolute atomic E-state index is 2.60. The minimum absolute atomic E-state index is 0.179. The maximum atomic E-state index is 2.60. The molecule has 5 aromatic rings. The van der Waals surface area contributed by atoms with E-state index in [2.05, 4.69) is 158 Å². The molecule has 1 aliphatic carbocycles. The summed E-state index contributed by atoms with van der Waals surface area (Å²) < 4.78 is 0. The third-order valence-electron chi connectivity index (χ3n) is 10.9. The van der Waals surface area contributed by atoms with Gasteiger partial charge in [0.25, 0.3) is 6.71 Å². The van der Waals surface area contributed by atoms with Crippen LogP contribution in [-0.4, -0.2) is 22.9 Å². The van der Waals surface area contributed by atoms with Crippen molar-refractivity contribution in [3.05, 3.63) is 115 Å². The molecule has 0 bridgehead atoms. The molecule has 0 aromatic heterocycles. The smallest absolute Gasteiger partial charge is 0.252 e. The predicted molar refractivity (Wildman–Crippen MR) is 212 cm³/mol. The molecule has 1 saturated carbocycles. The van der Waals surface area contributed by atoms with Crippen molar-refractivity contribution in [1.82, 2.24) is 0 Å². The van der Waals surface area contributed by atoms with E-state index >= 15 is 0 Å². The minimum atomic E-state index is -1.58. The van der Waals surface area contributed by atoms with Crippen LogP contribution in [-0.2, 0) is 0 Å². The number of para-hydroxylation sites is 2. The highest BCUT2D eigenvalue weighted by atomic mass is 28.3. The molecule has 0 amide bonds. The van der Waals surface area contributed by atoms with E-state index in [9.17, 15) is 0 Å². The van der Waals surface area contributed by atoms with Crippen molar-refractivity contribution in [2.24, 2.45) is 0 Å². The van der Waals surface area contributed by atoms with Crippen molar-refractivity contribution in [3.63, 3.8) is 0 Å². The van der Waals surface area contributed by atoms with Crippen LogP contribution in [0.25, 0.3) is 0 Å². The van der Waals surface area contributed by atoms with Gasteiger partial charge in [-0.3, -0.25) is 0 Å². The zero-order valence-electron chi connectivity index (χ0n) is 29.0. The zero-order chi connectivity index (χ0) is 32.5. The second kappa shape index (κ2) is 11.4. The van der Waals surface area contributed by atoms with E-state index in [1.807, 2.05) is 0 Å². The van der Waals surface area contributed by atoms with Crippen LogP contribution in [0.2, 0.25) is 39.3 Å². The molecule has 0 saturated heterocycles. The summed E-state index contributed by atoms with van der Waals surface area (Å²) in [6.07, 6.45) is 6.59. The van der Waals surface area contributed by atoms with Crippen molar-refractivity contribution in [2.75, 3.05) is 9.80 Å². The molecule has 1 fully saturated rings. The maximum Gasteiger partial charge on any atom is 0.252 e. The summed E-state index contributed by atoms with van der Waals surface area (Å²) >= 11 is 0. The van der Waals surface area contributed by atoms with E-state index in [1.54, 1.807) is 0 Å². The van der Waals surface area contributed by atoms with Gasteiger partial charge in [0, 0.05) is 34.1 Å². The molecule has 0 atom stereocenters. The Labute approximate surface area is 284 Å². The molecule has 0 spiro atoms. The fourth-order valence-corrected chi connectivity index (χ4v) is 10.7. The van der Waals surface area contributed by atoms with E-state index < -0.39 is 16.1 Å². The lowest BCUT2D eigenvalue weighted by Gasteiger charge is -2.45. The standard InChI is InChI=1S/C42H47BN2Si2/c1-46(2,3)34-22-24-38-36(28-34)43-37-29-35(47(4,5)6)23-25-39(37)45(33-20-14-9-15-21-33)41-27-31(30-16-10-7-11-17-30)26-40(42(41)43)44(38)32-18-12-8-13-19-32/h8-9,12-15,18-30H,7,10-11,16-17H2,1-6H3. The Hall–Kier alpha value is -3.80. The van der Waals surface area contributed by atoms with E-state index in [0.29, 0.717) is 5.92 Å². The number of anilines is 6. The van der Waals surface area contributed by atoms with Gasteiger partial charge in [-0.15, -0.1) is 0 Å². The molecule has 0 N–H and O–H groups in total. The average Bonchev–Trinajstić information content (AvgIpc) is 3.08. The molecule has 236 valence electrons. The van der Waals surface area contributed by atoms with E-state index in [0.717, 1.165) is 0 Å². The molecule has 5 heteroatoms. The number of hydrogen-bond donors (Lipinski definition) is 0. The number of nitrogens with zero attached hydrogens (tertiary/aromatic N) is 2. The van der Waals surface area contributed by atoms with Gasteiger partial charge >= 0.3 is 0 Å². The van der Waals surface area contributed by atoms with Crippen LogP contribution in [0.4, 0.5) is 34.1 Å². The van der Waals surface area contributed by atoms with Crippen molar-refractivity contribution >= 4 is 83.7 Å². The summed E-state index contributed by atoms with van der Waals surface area (Å²) in [5, 5.41) is 3.06. The summed E-state index contributed by atoms with van der Waals surface area (Å²) in [5.74, 6) is 0.602. The number of hydrogen-bond acceptors (Lipinski definition) is 2. The molecular weight excluding hydrogens is 599 g/mol. The van der Waals surface area contributed by atoms with E-state index in [1.165, 1.54) is 98.6 Å². The molecule has 3 aliphatic rings. The van der Waals surface area contributed by atoms with E-state index in [4.69, 9.17) is 0 Å². The first-order valence-corrected chi connectivity index (χ1v) is 24.8. The Balaban J connectivity index is 1.50. The Bertz CT molecular complexity index is 1820. The second-order valence-corrected chi connectivity index (χ2v) is 26.3. The molecule has 0 radical (unpaired) electrons.